The number of rotatable bonds is 3. The number of nitrogens with one attached hydrogen (secondary N) is 1. The van der Waals surface area contributed by atoms with Gasteiger partial charge >= 0.3 is 12.1 Å². The minimum atomic E-state index is -1.36. The summed E-state index contributed by atoms with van der Waals surface area (Å²) in [5.74, 6) is -0.757. The van der Waals surface area contributed by atoms with Gasteiger partial charge in [0.25, 0.3) is 0 Å². The van der Waals surface area contributed by atoms with Crippen LogP contribution in [0.1, 0.15) is 19.4 Å². The van der Waals surface area contributed by atoms with Gasteiger partial charge in [0.05, 0.1) is 0 Å². The van der Waals surface area contributed by atoms with Crippen LogP contribution >= 0.6 is 0 Å². The standard InChI is InChI=1S/C12H15NO4/c1-8-4-6-9(7-5-8)17-11(16)13-12(2,3)10(14)15/h4-7H,1-3H3,(H,13,16)(H,14,15). The molecule has 0 radical (unpaired) electrons. The number of ether oxygens (including phenoxy) is 1. The van der Waals surface area contributed by atoms with Crippen molar-refractivity contribution in [1.82, 2.24) is 5.32 Å². The van der Waals surface area contributed by atoms with Crippen molar-refractivity contribution in [3.63, 3.8) is 0 Å². The van der Waals surface area contributed by atoms with Crippen LogP contribution in [0.25, 0.3) is 0 Å². The largest absolute Gasteiger partial charge is 0.480 e. The van der Waals surface area contributed by atoms with E-state index in [-0.39, 0.29) is 0 Å². The number of carboxylic acid groups (broad SMARTS) is 1. The summed E-state index contributed by atoms with van der Waals surface area (Å²) in [6.45, 7) is 4.68. The first-order chi connectivity index (χ1) is 7.81. The van der Waals surface area contributed by atoms with Crippen molar-refractivity contribution >= 4 is 12.1 Å². The van der Waals surface area contributed by atoms with Gasteiger partial charge in [-0.15, -0.1) is 0 Å². The van der Waals surface area contributed by atoms with Crippen molar-refractivity contribution in [2.45, 2.75) is 26.3 Å². The van der Waals surface area contributed by atoms with E-state index >= 15 is 0 Å². The van der Waals surface area contributed by atoms with Crippen LogP contribution in [0.3, 0.4) is 0 Å². The molecule has 92 valence electrons. The van der Waals surface area contributed by atoms with Gasteiger partial charge in [-0.2, -0.15) is 0 Å². The molecule has 5 heteroatoms. The van der Waals surface area contributed by atoms with Crippen LogP contribution in [0.4, 0.5) is 4.79 Å². The average molecular weight is 237 g/mol. The molecule has 0 spiro atoms. The second-order valence-electron chi connectivity index (χ2n) is 4.26. The van der Waals surface area contributed by atoms with E-state index in [9.17, 15) is 9.59 Å². The van der Waals surface area contributed by atoms with Gasteiger partial charge in [0.1, 0.15) is 11.3 Å². The van der Waals surface area contributed by atoms with E-state index in [1.165, 1.54) is 13.8 Å². The Morgan fingerprint density at radius 1 is 1.24 bits per heavy atom. The third kappa shape index (κ3) is 3.79. The molecule has 0 bridgehead atoms. The lowest BCUT2D eigenvalue weighted by Gasteiger charge is -2.20. The molecule has 17 heavy (non-hydrogen) atoms. The van der Waals surface area contributed by atoms with E-state index < -0.39 is 17.6 Å². The van der Waals surface area contributed by atoms with E-state index in [2.05, 4.69) is 5.32 Å². The molecule has 0 heterocycles. The predicted octanol–water partition coefficient (Wildman–Crippen LogP) is 1.95. The number of carbonyl (C=O) groups excluding carboxylic acids is 1. The lowest BCUT2D eigenvalue weighted by atomic mass is 10.1. The van der Waals surface area contributed by atoms with Crippen LogP contribution in [-0.4, -0.2) is 22.7 Å². The molecule has 0 aromatic heterocycles. The van der Waals surface area contributed by atoms with Crippen molar-refractivity contribution in [3.8, 4) is 5.75 Å². The minimum Gasteiger partial charge on any atom is -0.480 e. The quantitative estimate of drug-likeness (QED) is 0.842. The molecule has 0 unspecified atom stereocenters. The summed E-state index contributed by atoms with van der Waals surface area (Å²) < 4.78 is 4.94. The number of hydrogen-bond donors (Lipinski definition) is 2. The Morgan fingerprint density at radius 2 is 1.76 bits per heavy atom. The summed E-state index contributed by atoms with van der Waals surface area (Å²) in [4.78, 5) is 22.2. The van der Waals surface area contributed by atoms with E-state index in [0.717, 1.165) is 5.56 Å². The van der Waals surface area contributed by atoms with E-state index in [0.29, 0.717) is 5.75 Å². The highest BCUT2D eigenvalue weighted by Gasteiger charge is 2.29. The van der Waals surface area contributed by atoms with E-state index in [1.54, 1.807) is 24.3 Å². The predicted molar refractivity (Wildman–Crippen MR) is 62.1 cm³/mol. The summed E-state index contributed by atoms with van der Waals surface area (Å²) in [5, 5.41) is 11.1. The first-order valence-corrected chi connectivity index (χ1v) is 5.11. The van der Waals surface area contributed by atoms with E-state index in [1.807, 2.05) is 6.92 Å². The topological polar surface area (TPSA) is 75.6 Å². The molecule has 0 aliphatic carbocycles. The Labute approximate surface area is 99.4 Å². The highest BCUT2D eigenvalue weighted by molar-refractivity contribution is 5.84. The van der Waals surface area contributed by atoms with Crippen molar-refractivity contribution in [1.29, 1.82) is 0 Å². The second kappa shape index (κ2) is 4.86. The molecular weight excluding hydrogens is 222 g/mol. The van der Waals surface area contributed by atoms with Gasteiger partial charge in [-0.25, -0.2) is 9.59 Å². The number of benzene rings is 1. The zero-order chi connectivity index (χ0) is 13.1. The maximum absolute atomic E-state index is 11.4. The number of hydrogen-bond acceptors (Lipinski definition) is 3. The van der Waals surface area contributed by atoms with Gasteiger partial charge in [-0.05, 0) is 32.9 Å². The van der Waals surface area contributed by atoms with Crippen LogP contribution in [0.15, 0.2) is 24.3 Å². The molecule has 0 saturated carbocycles. The summed E-state index contributed by atoms with van der Waals surface area (Å²) >= 11 is 0. The summed E-state index contributed by atoms with van der Waals surface area (Å²) in [7, 11) is 0. The molecule has 0 aliphatic rings. The van der Waals surface area contributed by atoms with Crippen molar-refractivity contribution in [3.05, 3.63) is 29.8 Å². The third-order valence-electron chi connectivity index (χ3n) is 2.18. The number of carbonyl (C=O) groups is 2. The number of carboxylic acids is 1. The SMILES string of the molecule is Cc1ccc(OC(=O)NC(C)(C)C(=O)O)cc1. The van der Waals surface area contributed by atoms with Gasteiger partial charge < -0.3 is 15.2 Å². The van der Waals surface area contributed by atoms with Crippen LogP contribution in [0, 0.1) is 6.92 Å². The fourth-order valence-corrected chi connectivity index (χ4v) is 1.05. The molecule has 0 aliphatic heterocycles. The minimum absolute atomic E-state index is 0.370. The Balaban J connectivity index is 2.62. The number of amides is 1. The molecule has 0 saturated heterocycles. The van der Waals surface area contributed by atoms with Gasteiger partial charge in [-0.1, -0.05) is 17.7 Å². The average Bonchev–Trinajstić information content (AvgIpc) is 2.20. The number of aryl methyl sites for hydroxylation is 1. The second-order valence-corrected chi connectivity index (χ2v) is 4.26. The van der Waals surface area contributed by atoms with Crippen molar-refractivity contribution < 1.29 is 19.4 Å². The highest BCUT2D eigenvalue weighted by Crippen LogP contribution is 2.12. The Kier molecular flexibility index (Phi) is 3.73. The molecule has 0 atom stereocenters. The fourth-order valence-electron chi connectivity index (χ4n) is 1.05. The lowest BCUT2D eigenvalue weighted by Crippen LogP contribution is -2.50. The third-order valence-corrected chi connectivity index (χ3v) is 2.18. The van der Waals surface area contributed by atoms with Crippen LogP contribution < -0.4 is 10.1 Å². The fraction of sp³-hybridized carbons (Fsp3) is 0.333. The number of aliphatic carboxylic acids is 1. The smallest absolute Gasteiger partial charge is 0.413 e. The molecule has 1 aromatic rings. The first kappa shape index (κ1) is 13.0. The Bertz CT molecular complexity index is 423. The van der Waals surface area contributed by atoms with Crippen molar-refractivity contribution in [2.75, 3.05) is 0 Å². The van der Waals surface area contributed by atoms with Gasteiger partial charge in [0.15, 0.2) is 0 Å². The summed E-state index contributed by atoms with van der Waals surface area (Å²) in [6.07, 6.45) is -0.791. The maximum atomic E-state index is 11.4. The Morgan fingerprint density at radius 3 is 2.24 bits per heavy atom. The molecule has 1 amide bonds. The van der Waals surface area contributed by atoms with Gasteiger partial charge in [0.2, 0.25) is 0 Å². The molecule has 1 aromatic carbocycles. The molecule has 0 fully saturated rings. The van der Waals surface area contributed by atoms with Crippen LogP contribution in [-0.2, 0) is 4.79 Å². The summed E-state index contributed by atoms with van der Waals surface area (Å²) in [5.41, 5.74) is -0.314. The zero-order valence-electron chi connectivity index (χ0n) is 9.98. The molecular formula is C12H15NO4. The highest BCUT2D eigenvalue weighted by atomic mass is 16.6. The Hall–Kier alpha value is -2.04. The molecule has 5 nitrogen and oxygen atoms in total. The summed E-state index contributed by atoms with van der Waals surface area (Å²) in [6, 6.07) is 6.88. The van der Waals surface area contributed by atoms with Gasteiger partial charge in [-0.3, -0.25) is 0 Å². The lowest BCUT2D eigenvalue weighted by molar-refractivity contribution is -0.143. The van der Waals surface area contributed by atoms with Crippen LogP contribution in [0.2, 0.25) is 0 Å². The normalized spacial score (nSPS) is 10.8. The molecule has 2 N–H and O–H groups in total. The van der Waals surface area contributed by atoms with Crippen molar-refractivity contribution in [2.24, 2.45) is 0 Å². The van der Waals surface area contributed by atoms with Crippen LogP contribution in [0.5, 0.6) is 5.75 Å². The zero-order valence-corrected chi connectivity index (χ0v) is 9.98. The molecule has 1 rings (SSSR count). The monoisotopic (exact) mass is 237 g/mol. The van der Waals surface area contributed by atoms with Gasteiger partial charge in [0, 0.05) is 0 Å². The maximum Gasteiger partial charge on any atom is 0.413 e. The van der Waals surface area contributed by atoms with E-state index in [4.69, 9.17) is 9.84 Å². The first-order valence-electron chi connectivity index (χ1n) is 5.11.